The Morgan fingerprint density at radius 1 is 1.41 bits per heavy atom. The summed E-state index contributed by atoms with van der Waals surface area (Å²) in [5.74, 6) is 1.08. The number of benzene rings is 1. The summed E-state index contributed by atoms with van der Waals surface area (Å²) in [6.45, 7) is 4.00. The molecule has 2 nitrogen and oxygen atoms in total. The Morgan fingerprint density at radius 3 is 2.59 bits per heavy atom. The van der Waals surface area contributed by atoms with Crippen LogP contribution in [-0.2, 0) is 0 Å². The van der Waals surface area contributed by atoms with Crippen molar-refractivity contribution in [2.75, 3.05) is 24.0 Å². The van der Waals surface area contributed by atoms with E-state index in [1.165, 1.54) is 0 Å². The minimum absolute atomic E-state index is 0.448. The summed E-state index contributed by atoms with van der Waals surface area (Å²) < 4.78 is 1.00. The largest absolute Gasteiger partial charge is 0.389 e. The zero-order valence-electron chi connectivity index (χ0n) is 10.8. The van der Waals surface area contributed by atoms with E-state index in [1.54, 1.807) is 6.92 Å². The Morgan fingerprint density at radius 2 is 2.06 bits per heavy atom. The van der Waals surface area contributed by atoms with E-state index < -0.39 is 6.10 Å². The third-order valence-electron chi connectivity index (χ3n) is 2.89. The summed E-state index contributed by atoms with van der Waals surface area (Å²) in [6, 6.07) is 6.51. The van der Waals surface area contributed by atoms with E-state index in [0.717, 1.165) is 21.5 Å². The minimum atomic E-state index is -0.452. The molecule has 0 saturated heterocycles. The topological polar surface area (TPSA) is 23.5 Å². The van der Waals surface area contributed by atoms with E-state index in [1.807, 2.05) is 23.9 Å². The first-order valence-corrected chi connectivity index (χ1v) is 7.85. The molecule has 0 radical (unpaired) electrons. The van der Waals surface area contributed by atoms with Crippen LogP contribution in [0, 0.1) is 0 Å². The molecule has 1 N–H and O–H groups in total. The summed E-state index contributed by atoms with van der Waals surface area (Å²) in [7, 11) is 2.08. The van der Waals surface area contributed by atoms with Gasteiger partial charge in [0.15, 0.2) is 0 Å². The van der Waals surface area contributed by atoms with Crippen molar-refractivity contribution in [2.45, 2.75) is 26.0 Å². The van der Waals surface area contributed by atoms with E-state index in [0.29, 0.717) is 6.04 Å². The SMILES string of the molecule is CSCC(C)N(C)c1ccc(Br)cc1C(C)O. The van der Waals surface area contributed by atoms with Crippen LogP contribution in [0.1, 0.15) is 25.5 Å². The summed E-state index contributed by atoms with van der Waals surface area (Å²) in [6.07, 6.45) is 1.66. The van der Waals surface area contributed by atoms with Gasteiger partial charge in [-0.25, -0.2) is 0 Å². The third kappa shape index (κ3) is 3.90. The minimum Gasteiger partial charge on any atom is -0.389 e. The van der Waals surface area contributed by atoms with Gasteiger partial charge in [-0.3, -0.25) is 0 Å². The number of hydrogen-bond donors (Lipinski definition) is 1. The van der Waals surface area contributed by atoms with E-state index in [-0.39, 0.29) is 0 Å². The molecular formula is C13H20BrNOS. The Labute approximate surface area is 117 Å². The Balaban J connectivity index is 3.03. The molecule has 0 aliphatic heterocycles. The van der Waals surface area contributed by atoms with Crippen LogP contribution in [0.3, 0.4) is 0 Å². The number of hydrogen-bond acceptors (Lipinski definition) is 3. The molecule has 0 aromatic heterocycles. The quantitative estimate of drug-likeness (QED) is 0.896. The molecule has 0 spiro atoms. The standard InChI is InChI=1S/C13H20BrNOS/c1-9(8-17-4)15(3)13-6-5-11(14)7-12(13)10(2)16/h5-7,9-10,16H,8H2,1-4H3. The average Bonchev–Trinajstić information content (AvgIpc) is 2.28. The van der Waals surface area contributed by atoms with Crippen LogP contribution in [0.2, 0.25) is 0 Å². The molecule has 17 heavy (non-hydrogen) atoms. The van der Waals surface area contributed by atoms with Gasteiger partial charge in [-0.15, -0.1) is 0 Å². The summed E-state index contributed by atoms with van der Waals surface area (Å²) in [5, 5.41) is 9.84. The monoisotopic (exact) mass is 317 g/mol. The van der Waals surface area contributed by atoms with Gasteiger partial charge in [-0.2, -0.15) is 11.8 Å². The number of thioether (sulfide) groups is 1. The first kappa shape index (κ1) is 14.9. The Kier molecular flexibility index (Phi) is 5.83. The number of rotatable bonds is 5. The highest BCUT2D eigenvalue weighted by Crippen LogP contribution is 2.30. The van der Waals surface area contributed by atoms with E-state index in [2.05, 4.69) is 47.1 Å². The van der Waals surface area contributed by atoms with E-state index >= 15 is 0 Å². The molecule has 0 heterocycles. The summed E-state index contributed by atoms with van der Waals surface area (Å²) in [4.78, 5) is 2.23. The fourth-order valence-electron chi connectivity index (χ4n) is 1.77. The second-order valence-corrected chi connectivity index (χ2v) is 6.12. The van der Waals surface area contributed by atoms with Gasteiger partial charge in [0.25, 0.3) is 0 Å². The number of nitrogens with zero attached hydrogens (tertiary/aromatic N) is 1. The van der Waals surface area contributed by atoms with Crippen LogP contribution in [0.4, 0.5) is 5.69 Å². The van der Waals surface area contributed by atoms with Gasteiger partial charge in [0.2, 0.25) is 0 Å². The molecule has 0 saturated carbocycles. The predicted molar refractivity (Wildman–Crippen MR) is 81.0 cm³/mol. The molecule has 0 bridgehead atoms. The van der Waals surface area contributed by atoms with Crippen LogP contribution in [0.15, 0.2) is 22.7 Å². The lowest BCUT2D eigenvalue weighted by Crippen LogP contribution is -2.31. The lowest BCUT2D eigenvalue weighted by Gasteiger charge is -2.29. The van der Waals surface area contributed by atoms with Crippen molar-refractivity contribution in [3.8, 4) is 0 Å². The van der Waals surface area contributed by atoms with E-state index in [9.17, 15) is 5.11 Å². The molecule has 0 aliphatic carbocycles. The van der Waals surface area contributed by atoms with Gasteiger partial charge in [-0.1, -0.05) is 15.9 Å². The highest BCUT2D eigenvalue weighted by Gasteiger charge is 2.16. The molecule has 1 rings (SSSR count). The van der Waals surface area contributed by atoms with Crippen molar-refractivity contribution in [3.05, 3.63) is 28.2 Å². The summed E-state index contributed by atoms with van der Waals surface area (Å²) >= 11 is 5.28. The number of aliphatic hydroxyl groups is 1. The van der Waals surface area contributed by atoms with Crippen LogP contribution in [-0.4, -0.2) is 30.2 Å². The molecule has 0 fully saturated rings. The second kappa shape index (κ2) is 6.66. The van der Waals surface area contributed by atoms with Gasteiger partial charge < -0.3 is 10.0 Å². The zero-order valence-corrected chi connectivity index (χ0v) is 13.2. The molecule has 2 unspecified atom stereocenters. The molecule has 96 valence electrons. The fourth-order valence-corrected chi connectivity index (χ4v) is 2.86. The van der Waals surface area contributed by atoms with Crippen LogP contribution in [0.5, 0.6) is 0 Å². The lowest BCUT2D eigenvalue weighted by molar-refractivity contribution is 0.199. The summed E-state index contributed by atoms with van der Waals surface area (Å²) in [5.41, 5.74) is 2.07. The predicted octanol–water partition coefficient (Wildman–Crippen LogP) is 3.69. The van der Waals surface area contributed by atoms with Crippen LogP contribution in [0.25, 0.3) is 0 Å². The fraction of sp³-hybridized carbons (Fsp3) is 0.538. The smallest absolute Gasteiger partial charge is 0.0782 e. The maximum atomic E-state index is 9.84. The first-order valence-electron chi connectivity index (χ1n) is 5.66. The molecule has 4 heteroatoms. The van der Waals surface area contributed by atoms with Crippen molar-refractivity contribution in [1.82, 2.24) is 0 Å². The van der Waals surface area contributed by atoms with Gasteiger partial charge in [0.05, 0.1) is 6.10 Å². The van der Waals surface area contributed by atoms with Gasteiger partial charge in [0, 0.05) is 34.6 Å². The maximum absolute atomic E-state index is 9.84. The van der Waals surface area contributed by atoms with Crippen LogP contribution >= 0.6 is 27.7 Å². The highest BCUT2D eigenvalue weighted by atomic mass is 79.9. The van der Waals surface area contributed by atoms with Gasteiger partial charge >= 0.3 is 0 Å². The number of aliphatic hydroxyl groups excluding tert-OH is 1. The van der Waals surface area contributed by atoms with Crippen molar-refractivity contribution in [2.24, 2.45) is 0 Å². The van der Waals surface area contributed by atoms with Gasteiger partial charge in [-0.05, 0) is 38.3 Å². The molecule has 0 amide bonds. The molecule has 2 atom stereocenters. The highest BCUT2D eigenvalue weighted by molar-refractivity contribution is 9.10. The van der Waals surface area contributed by atoms with Crippen LogP contribution < -0.4 is 4.90 Å². The average molecular weight is 318 g/mol. The zero-order chi connectivity index (χ0) is 13.0. The Hall–Kier alpha value is -0.190. The molecule has 1 aromatic carbocycles. The van der Waals surface area contributed by atoms with Crippen molar-refractivity contribution in [1.29, 1.82) is 0 Å². The molecular weight excluding hydrogens is 298 g/mol. The number of halogens is 1. The third-order valence-corrected chi connectivity index (χ3v) is 4.20. The lowest BCUT2D eigenvalue weighted by atomic mass is 10.1. The van der Waals surface area contributed by atoms with Crippen molar-refractivity contribution < 1.29 is 5.11 Å². The van der Waals surface area contributed by atoms with E-state index in [4.69, 9.17) is 0 Å². The maximum Gasteiger partial charge on any atom is 0.0782 e. The van der Waals surface area contributed by atoms with Crippen molar-refractivity contribution >= 4 is 33.4 Å². The number of anilines is 1. The first-order chi connectivity index (χ1) is 7.97. The normalized spacial score (nSPS) is 14.5. The van der Waals surface area contributed by atoms with Crippen molar-refractivity contribution in [3.63, 3.8) is 0 Å². The Bertz CT molecular complexity index is 370. The molecule has 1 aromatic rings. The molecule has 0 aliphatic rings. The van der Waals surface area contributed by atoms with Gasteiger partial charge in [0.1, 0.15) is 0 Å². The second-order valence-electron chi connectivity index (χ2n) is 4.29.